The highest BCUT2D eigenvalue weighted by Crippen LogP contribution is 2.27. The first-order chi connectivity index (χ1) is 9.25. The summed E-state index contributed by atoms with van der Waals surface area (Å²) < 4.78 is 10.5. The molecule has 19 heavy (non-hydrogen) atoms. The van der Waals surface area contributed by atoms with Crippen molar-refractivity contribution in [1.29, 1.82) is 0 Å². The van der Waals surface area contributed by atoms with Gasteiger partial charge >= 0.3 is 0 Å². The smallest absolute Gasteiger partial charge is 0.132 e. The van der Waals surface area contributed by atoms with Crippen LogP contribution in [0.1, 0.15) is 0 Å². The normalized spacial score (nSPS) is 9.84. The van der Waals surface area contributed by atoms with Gasteiger partial charge in [0.1, 0.15) is 23.1 Å². The minimum absolute atomic E-state index is 0.728. The number of nitrogens with one attached hydrogen (secondary N) is 2. The molecule has 0 atom stereocenters. The Morgan fingerprint density at radius 3 is 2.16 bits per heavy atom. The van der Waals surface area contributed by atoms with Gasteiger partial charge in [-0.15, -0.1) is 0 Å². The monoisotopic (exact) mass is 259 g/mol. The van der Waals surface area contributed by atoms with Gasteiger partial charge in [-0.2, -0.15) is 0 Å². The molecule has 100 valence electrons. The van der Waals surface area contributed by atoms with E-state index in [-0.39, 0.29) is 0 Å². The van der Waals surface area contributed by atoms with Gasteiger partial charge in [-0.25, -0.2) is 4.98 Å². The van der Waals surface area contributed by atoms with Crippen molar-refractivity contribution in [2.45, 2.75) is 0 Å². The molecule has 0 aliphatic carbocycles. The summed E-state index contributed by atoms with van der Waals surface area (Å²) in [6.07, 6.45) is 0. The van der Waals surface area contributed by atoms with Gasteiger partial charge in [-0.1, -0.05) is 6.07 Å². The number of pyridine rings is 1. The fourth-order valence-electron chi connectivity index (χ4n) is 1.67. The van der Waals surface area contributed by atoms with Crippen LogP contribution in [0.5, 0.6) is 11.5 Å². The number of rotatable bonds is 5. The van der Waals surface area contributed by atoms with E-state index in [4.69, 9.17) is 9.47 Å². The van der Waals surface area contributed by atoms with Crippen molar-refractivity contribution >= 4 is 17.3 Å². The van der Waals surface area contributed by atoms with Gasteiger partial charge in [0, 0.05) is 30.9 Å². The van der Waals surface area contributed by atoms with Crippen molar-refractivity contribution < 1.29 is 9.47 Å². The predicted octanol–water partition coefficient (Wildman–Crippen LogP) is 2.88. The minimum Gasteiger partial charge on any atom is -0.497 e. The first kappa shape index (κ1) is 13.0. The molecule has 1 heterocycles. The zero-order chi connectivity index (χ0) is 13.7. The molecule has 0 unspecified atom stereocenters. The van der Waals surface area contributed by atoms with E-state index in [9.17, 15) is 0 Å². The molecule has 0 fully saturated rings. The van der Waals surface area contributed by atoms with Gasteiger partial charge in [0.2, 0.25) is 0 Å². The first-order valence-electron chi connectivity index (χ1n) is 5.90. The van der Waals surface area contributed by atoms with Crippen molar-refractivity contribution in [2.75, 3.05) is 31.9 Å². The van der Waals surface area contributed by atoms with E-state index in [0.29, 0.717) is 0 Å². The summed E-state index contributed by atoms with van der Waals surface area (Å²) in [6.45, 7) is 0. The third-order valence-electron chi connectivity index (χ3n) is 2.63. The molecule has 2 rings (SSSR count). The largest absolute Gasteiger partial charge is 0.497 e. The second-order valence-corrected chi connectivity index (χ2v) is 3.88. The quantitative estimate of drug-likeness (QED) is 0.864. The highest BCUT2D eigenvalue weighted by atomic mass is 16.5. The number of hydrogen-bond acceptors (Lipinski definition) is 5. The molecule has 2 aromatic rings. The third kappa shape index (κ3) is 3.28. The van der Waals surface area contributed by atoms with Crippen LogP contribution in [0.15, 0.2) is 36.4 Å². The van der Waals surface area contributed by atoms with E-state index in [1.807, 2.05) is 43.4 Å². The summed E-state index contributed by atoms with van der Waals surface area (Å²) in [5.41, 5.74) is 0.858. The Labute approximate surface area is 112 Å². The lowest BCUT2D eigenvalue weighted by Crippen LogP contribution is -1.98. The SMILES string of the molecule is CNc1cccc(Nc2cc(OC)cc(OC)c2)n1. The lowest BCUT2D eigenvalue weighted by atomic mass is 10.2. The molecule has 0 spiro atoms. The number of aromatic nitrogens is 1. The van der Waals surface area contributed by atoms with Gasteiger partial charge in [0.15, 0.2) is 0 Å². The van der Waals surface area contributed by atoms with Crippen LogP contribution in [-0.4, -0.2) is 26.3 Å². The van der Waals surface area contributed by atoms with Crippen LogP contribution in [-0.2, 0) is 0 Å². The molecule has 0 radical (unpaired) electrons. The van der Waals surface area contributed by atoms with Crippen LogP contribution in [0.3, 0.4) is 0 Å². The lowest BCUT2D eigenvalue weighted by molar-refractivity contribution is 0.395. The summed E-state index contributed by atoms with van der Waals surface area (Å²) in [6, 6.07) is 11.3. The first-order valence-corrected chi connectivity index (χ1v) is 5.90. The van der Waals surface area contributed by atoms with Crippen LogP contribution in [0, 0.1) is 0 Å². The number of nitrogens with zero attached hydrogens (tertiary/aromatic N) is 1. The van der Waals surface area contributed by atoms with Crippen molar-refractivity contribution in [2.24, 2.45) is 0 Å². The highest BCUT2D eigenvalue weighted by Gasteiger charge is 2.03. The molecule has 0 amide bonds. The second kappa shape index (κ2) is 5.95. The lowest BCUT2D eigenvalue weighted by Gasteiger charge is -2.10. The van der Waals surface area contributed by atoms with E-state index in [1.54, 1.807) is 14.2 Å². The van der Waals surface area contributed by atoms with E-state index in [1.165, 1.54) is 0 Å². The van der Waals surface area contributed by atoms with Crippen LogP contribution in [0.2, 0.25) is 0 Å². The van der Waals surface area contributed by atoms with Crippen molar-refractivity contribution in [3.63, 3.8) is 0 Å². The molecular formula is C14H17N3O2. The Morgan fingerprint density at radius 1 is 0.947 bits per heavy atom. The number of ether oxygens (including phenoxy) is 2. The van der Waals surface area contributed by atoms with Crippen LogP contribution < -0.4 is 20.1 Å². The number of anilines is 3. The van der Waals surface area contributed by atoms with E-state index in [0.717, 1.165) is 28.8 Å². The van der Waals surface area contributed by atoms with Gasteiger partial charge in [-0.3, -0.25) is 0 Å². The highest BCUT2D eigenvalue weighted by molar-refractivity contribution is 5.62. The van der Waals surface area contributed by atoms with E-state index in [2.05, 4.69) is 15.6 Å². The Balaban J connectivity index is 2.26. The molecule has 1 aromatic heterocycles. The molecule has 1 aromatic carbocycles. The maximum Gasteiger partial charge on any atom is 0.132 e. The Kier molecular flexibility index (Phi) is 4.07. The molecule has 0 bridgehead atoms. The standard InChI is InChI=1S/C14H17N3O2/c1-15-13-5-4-6-14(17-13)16-10-7-11(18-2)9-12(8-10)19-3/h4-9H,1-3H3,(H2,15,16,17). The average molecular weight is 259 g/mol. The Bertz CT molecular complexity index is 536. The van der Waals surface area contributed by atoms with Crippen molar-refractivity contribution in [1.82, 2.24) is 4.98 Å². The molecular weight excluding hydrogens is 242 g/mol. The number of benzene rings is 1. The zero-order valence-corrected chi connectivity index (χ0v) is 11.2. The van der Waals surface area contributed by atoms with E-state index >= 15 is 0 Å². The number of methoxy groups -OCH3 is 2. The fourth-order valence-corrected chi connectivity index (χ4v) is 1.67. The molecule has 2 N–H and O–H groups in total. The number of hydrogen-bond donors (Lipinski definition) is 2. The van der Waals surface area contributed by atoms with Gasteiger partial charge in [0.05, 0.1) is 14.2 Å². The zero-order valence-electron chi connectivity index (χ0n) is 11.2. The molecule has 5 nitrogen and oxygen atoms in total. The average Bonchev–Trinajstić information content (AvgIpc) is 2.47. The summed E-state index contributed by atoms with van der Waals surface area (Å²) >= 11 is 0. The van der Waals surface area contributed by atoms with Gasteiger partial charge in [-0.05, 0) is 12.1 Å². The summed E-state index contributed by atoms with van der Waals surface area (Å²) in [4.78, 5) is 4.39. The van der Waals surface area contributed by atoms with Crippen LogP contribution >= 0.6 is 0 Å². The molecule has 0 aliphatic rings. The third-order valence-corrected chi connectivity index (χ3v) is 2.63. The minimum atomic E-state index is 0.728. The predicted molar refractivity (Wildman–Crippen MR) is 76.6 cm³/mol. The van der Waals surface area contributed by atoms with Crippen LogP contribution in [0.25, 0.3) is 0 Å². The van der Waals surface area contributed by atoms with Crippen LogP contribution in [0.4, 0.5) is 17.3 Å². The Morgan fingerprint density at radius 2 is 1.58 bits per heavy atom. The molecule has 0 saturated heterocycles. The molecule has 0 aliphatic heterocycles. The van der Waals surface area contributed by atoms with Crippen molar-refractivity contribution in [3.05, 3.63) is 36.4 Å². The Hall–Kier alpha value is -2.43. The fraction of sp³-hybridized carbons (Fsp3) is 0.214. The maximum atomic E-state index is 5.23. The molecule has 5 heteroatoms. The molecule has 0 saturated carbocycles. The summed E-state index contributed by atoms with van der Waals surface area (Å²) in [5, 5.41) is 6.21. The van der Waals surface area contributed by atoms with Gasteiger partial charge in [0.25, 0.3) is 0 Å². The van der Waals surface area contributed by atoms with Crippen molar-refractivity contribution in [3.8, 4) is 11.5 Å². The second-order valence-electron chi connectivity index (χ2n) is 3.88. The van der Waals surface area contributed by atoms with E-state index < -0.39 is 0 Å². The summed E-state index contributed by atoms with van der Waals surface area (Å²) in [5.74, 6) is 3.01. The maximum absolute atomic E-state index is 5.23. The summed E-state index contributed by atoms with van der Waals surface area (Å²) in [7, 11) is 5.08. The van der Waals surface area contributed by atoms with Gasteiger partial charge < -0.3 is 20.1 Å². The topological polar surface area (TPSA) is 55.4 Å².